The van der Waals surface area contributed by atoms with Crippen LogP contribution >= 0.6 is 22.9 Å². The molecule has 1 atom stereocenters. The standard InChI is InChI=1S/C14H13ClO3S/c15-13-10-3-1-2-4-11(10)19-12(13)8-18-14(16)9-5-6-17-7-9/h1-4,9H,5-8H2. The molecule has 1 aliphatic rings. The van der Waals surface area contributed by atoms with E-state index in [4.69, 9.17) is 21.1 Å². The van der Waals surface area contributed by atoms with Gasteiger partial charge in [0.05, 0.1) is 22.4 Å². The molecule has 1 unspecified atom stereocenters. The number of hydrogen-bond donors (Lipinski definition) is 0. The molecule has 19 heavy (non-hydrogen) atoms. The first-order chi connectivity index (χ1) is 9.25. The smallest absolute Gasteiger partial charge is 0.311 e. The zero-order valence-electron chi connectivity index (χ0n) is 10.2. The number of hydrogen-bond acceptors (Lipinski definition) is 4. The van der Waals surface area contributed by atoms with Gasteiger partial charge in [-0.2, -0.15) is 0 Å². The normalized spacial score (nSPS) is 18.9. The summed E-state index contributed by atoms with van der Waals surface area (Å²) in [5.41, 5.74) is 0. The van der Waals surface area contributed by atoms with E-state index in [1.807, 2.05) is 24.3 Å². The number of benzene rings is 1. The van der Waals surface area contributed by atoms with Crippen LogP contribution in [0, 0.1) is 5.92 Å². The summed E-state index contributed by atoms with van der Waals surface area (Å²) in [6.07, 6.45) is 0.749. The number of ether oxygens (including phenoxy) is 2. The van der Waals surface area contributed by atoms with Crippen LogP contribution in [-0.4, -0.2) is 19.2 Å². The highest BCUT2D eigenvalue weighted by atomic mass is 35.5. The van der Waals surface area contributed by atoms with E-state index >= 15 is 0 Å². The molecule has 1 aromatic heterocycles. The van der Waals surface area contributed by atoms with Crippen LogP contribution in [0.15, 0.2) is 24.3 Å². The van der Waals surface area contributed by atoms with Crippen LogP contribution in [0.2, 0.25) is 5.02 Å². The Morgan fingerprint density at radius 2 is 2.32 bits per heavy atom. The van der Waals surface area contributed by atoms with E-state index in [1.54, 1.807) is 11.3 Å². The SMILES string of the molecule is O=C(OCc1sc2ccccc2c1Cl)C1CCOC1. The Labute approximate surface area is 120 Å². The van der Waals surface area contributed by atoms with E-state index in [0.29, 0.717) is 18.2 Å². The minimum absolute atomic E-state index is 0.117. The lowest BCUT2D eigenvalue weighted by Gasteiger charge is -2.07. The van der Waals surface area contributed by atoms with Crippen molar-refractivity contribution in [3.8, 4) is 0 Å². The van der Waals surface area contributed by atoms with E-state index in [1.165, 1.54) is 0 Å². The van der Waals surface area contributed by atoms with Gasteiger partial charge in [-0.05, 0) is 12.5 Å². The summed E-state index contributed by atoms with van der Waals surface area (Å²) in [6, 6.07) is 7.92. The molecule has 1 saturated heterocycles. The Bertz CT molecular complexity index is 602. The van der Waals surface area contributed by atoms with Gasteiger partial charge >= 0.3 is 5.97 Å². The summed E-state index contributed by atoms with van der Waals surface area (Å²) in [4.78, 5) is 12.7. The number of rotatable bonds is 3. The average Bonchev–Trinajstić information content (AvgIpc) is 3.05. The first-order valence-corrected chi connectivity index (χ1v) is 7.35. The molecule has 0 spiro atoms. The second-order valence-electron chi connectivity index (χ2n) is 4.50. The molecule has 0 N–H and O–H groups in total. The second kappa shape index (κ2) is 5.49. The van der Waals surface area contributed by atoms with E-state index in [9.17, 15) is 4.79 Å². The number of esters is 1. The monoisotopic (exact) mass is 296 g/mol. The van der Waals surface area contributed by atoms with Crippen molar-refractivity contribution >= 4 is 39.0 Å². The molecule has 0 bridgehead atoms. The number of carbonyl (C=O) groups is 1. The molecular formula is C14H13ClO3S. The Morgan fingerprint density at radius 1 is 1.47 bits per heavy atom. The highest BCUT2D eigenvalue weighted by Crippen LogP contribution is 2.35. The fraction of sp³-hybridized carbons (Fsp3) is 0.357. The van der Waals surface area contributed by atoms with Crippen LogP contribution in [0.3, 0.4) is 0 Å². The van der Waals surface area contributed by atoms with Crippen LogP contribution in [-0.2, 0) is 20.9 Å². The molecule has 2 aromatic rings. The van der Waals surface area contributed by atoms with E-state index < -0.39 is 0 Å². The Morgan fingerprint density at radius 3 is 3.05 bits per heavy atom. The number of fused-ring (bicyclic) bond motifs is 1. The topological polar surface area (TPSA) is 35.5 Å². The van der Waals surface area contributed by atoms with Crippen molar-refractivity contribution in [2.24, 2.45) is 5.92 Å². The molecule has 3 nitrogen and oxygen atoms in total. The van der Waals surface area contributed by atoms with Gasteiger partial charge in [-0.3, -0.25) is 4.79 Å². The van der Waals surface area contributed by atoms with Gasteiger partial charge in [0.25, 0.3) is 0 Å². The first kappa shape index (κ1) is 12.9. The number of carbonyl (C=O) groups excluding carboxylic acids is 1. The maximum Gasteiger partial charge on any atom is 0.311 e. The predicted molar refractivity (Wildman–Crippen MR) is 75.6 cm³/mol. The summed E-state index contributed by atoms with van der Waals surface area (Å²) >= 11 is 7.86. The van der Waals surface area contributed by atoms with Crippen LogP contribution in [0.1, 0.15) is 11.3 Å². The van der Waals surface area contributed by atoms with Gasteiger partial charge in [-0.1, -0.05) is 29.8 Å². The van der Waals surface area contributed by atoms with Crippen LogP contribution < -0.4 is 0 Å². The lowest BCUT2D eigenvalue weighted by molar-refractivity contribution is -0.149. The van der Waals surface area contributed by atoms with Gasteiger partial charge in [0.2, 0.25) is 0 Å². The van der Waals surface area contributed by atoms with Crippen LogP contribution in [0.25, 0.3) is 10.1 Å². The van der Waals surface area contributed by atoms with E-state index in [0.717, 1.165) is 21.4 Å². The van der Waals surface area contributed by atoms with Gasteiger partial charge in [0.1, 0.15) is 6.61 Å². The third-order valence-corrected chi connectivity index (χ3v) is 4.90. The first-order valence-electron chi connectivity index (χ1n) is 6.16. The third-order valence-electron chi connectivity index (χ3n) is 3.21. The average molecular weight is 297 g/mol. The molecule has 0 amide bonds. The maximum absolute atomic E-state index is 11.8. The van der Waals surface area contributed by atoms with Gasteiger partial charge in [-0.25, -0.2) is 0 Å². The van der Waals surface area contributed by atoms with Crippen molar-refractivity contribution in [3.05, 3.63) is 34.2 Å². The van der Waals surface area contributed by atoms with Crippen molar-refractivity contribution in [3.63, 3.8) is 0 Å². The molecule has 1 fully saturated rings. The van der Waals surface area contributed by atoms with Gasteiger partial charge < -0.3 is 9.47 Å². The Hall–Kier alpha value is -1.10. The minimum Gasteiger partial charge on any atom is -0.460 e. The number of thiophene rings is 1. The lowest BCUT2D eigenvalue weighted by atomic mass is 10.1. The summed E-state index contributed by atoms with van der Waals surface area (Å²) in [6.45, 7) is 1.36. The molecule has 1 aliphatic heterocycles. The maximum atomic E-state index is 11.8. The van der Waals surface area contributed by atoms with Crippen molar-refractivity contribution in [1.82, 2.24) is 0 Å². The number of halogens is 1. The quantitative estimate of drug-likeness (QED) is 0.811. The molecule has 0 radical (unpaired) electrons. The highest BCUT2D eigenvalue weighted by Gasteiger charge is 2.25. The molecule has 0 saturated carbocycles. The second-order valence-corrected chi connectivity index (χ2v) is 6.02. The summed E-state index contributed by atoms with van der Waals surface area (Å²) < 4.78 is 11.6. The molecular weight excluding hydrogens is 284 g/mol. The van der Waals surface area contributed by atoms with Crippen LogP contribution in [0.4, 0.5) is 0 Å². The highest BCUT2D eigenvalue weighted by molar-refractivity contribution is 7.19. The van der Waals surface area contributed by atoms with Gasteiger partial charge in [0.15, 0.2) is 0 Å². The summed E-state index contributed by atoms with van der Waals surface area (Å²) in [5.74, 6) is -0.306. The van der Waals surface area contributed by atoms with Crippen molar-refractivity contribution in [2.45, 2.75) is 13.0 Å². The molecule has 100 valence electrons. The van der Waals surface area contributed by atoms with Crippen molar-refractivity contribution < 1.29 is 14.3 Å². The zero-order chi connectivity index (χ0) is 13.2. The zero-order valence-corrected chi connectivity index (χ0v) is 11.8. The Balaban J connectivity index is 1.71. The molecule has 2 heterocycles. The largest absolute Gasteiger partial charge is 0.460 e. The predicted octanol–water partition coefficient (Wildman–Crippen LogP) is 3.63. The van der Waals surface area contributed by atoms with E-state index in [2.05, 4.69) is 0 Å². The van der Waals surface area contributed by atoms with Crippen molar-refractivity contribution in [1.29, 1.82) is 0 Å². The fourth-order valence-electron chi connectivity index (χ4n) is 2.13. The third kappa shape index (κ3) is 2.61. The summed E-state index contributed by atoms with van der Waals surface area (Å²) in [7, 11) is 0. The molecule has 3 rings (SSSR count). The molecule has 1 aromatic carbocycles. The lowest BCUT2D eigenvalue weighted by Crippen LogP contribution is -2.17. The van der Waals surface area contributed by atoms with Gasteiger partial charge in [0, 0.05) is 16.7 Å². The minimum atomic E-state index is -0.189. The van der Waals surface area contributed by atoms with E-state index in [-0.39, 0.29) is 18.5 Å². The molecule has 5 heteroatoms. The molecule has 0 aliphatic carbocycles. The Kier molecular flexibility index (Phi) is 3.73. The van der Waals surface area contributed by atoms with Crippen LogP contribution in [0.5, 0.6) is 0 Å². The summed E-state index contributed by atoms with van der Waals surface area (Å²) in [5, 5.41) is 1.71. The fourth-order valence-corrected chi connectivity index (χ4v) is 3.53. The van der Waals surface area contributed by atoms with Crippen molar-refractivity contribution in [2.75, 3.05) is 13.2 Å². The van der Waals surface area contributed by atoms with Gasteiger partial charge in [-0.15, -0.1) is 11.3 Å².